The molecule has 2 rings (SSSR count). The number of nitrogens with one attached hydrogen (secondary N) is 1. The number of rotatable bonds is 8. The third kappa shape index (κ3) is 8.33. The lowest BCUT2D eigenvalue weighted by Gasteiger charge is -2.29. The van der Waals surface area contributed by atoms with Gasteiger partial charge in [0.2, 0.25) is 0 Å². The Hall–Kier alpha value is -1.22. The zero-order valence-electron chi connectivity index (χ0n) is 18.2. The molecule has 1 heterocycles. The van der Waals surface area contributed by atoms with Crippen molar-refractivity contribution in [3.63, 3.8) is 0 Å². The number of amides is 1. The van der Waals surface area contributed by atoms with Gasteiger partial charge in [-0.25, -0.2) is 0 Å². The predicted octanol–water partition coefficient (Wildman–Crippen LogP) is 4.67. The second-order valence-corrected chi connectivity index (χ2v) is 10.8. The van der Waals surface area contributed by atoms with Gasteiger partial charge < -0.3 is 14.6 Å². The van der Waals surface area contributed by atoms with Gasteiger partial charge in [-0.2, -0.15) is 0 Å². The number of hydrogen-bond donors (Lipinski definition) is 1. The molecule has 6 nitrogen and oxygen atoms in total. The van der Waals surface area contributed by atoms with E-state index in [2.05, 4.69) is 5.32 Å². The molecule has 1 fully saturated rings. The lowest BCUT2D eigenvalue weighted by molar-refractivity contribution is -0.135. The summed E-state index contributed by atoms with van der Waals surface area (Å²) < 4.78 is 11.5. The molecule has 1 amide bonds. The predicted molar refractivity (Wildman–Crippen MR) is 126 cm³/mol. The van der Waals surface area contributed by atoms with Gasteiger partial charge in [-0.05, 0) is 37.5 Å². The fourth-order valence-corrected chi connectivity index (χ4v) is 4.75. The lowest BCUT2D eigenvalue weighted by Crippen LogP contribution is -2.40. The summed E-state index contributed by atoms with van der Waals surface area (Å²) in [6.45, 7) is 8.14. The van der Waals surface area contributed by atoms with E-state index in [0.29, 0.717) is 18.1 Å². The van der Waals surface area contributed by atoms with Crippen LogP contribution in [0.2, 0.25) is 15.9 Å². The number of ketones is 1. The van der Waals surface area contributed by atoms with E-state index in [0.717, 1.165) is 0 Å². The molecule has 0 aromatic heterocycles. The molecule has 0 unspecified atom stereocenters. The molecule has 10 heteroatoms. The maximum absolute atomic E-state index is 12.7. The molecule has 3 atom stereocenters. The first kappa shape index (κ1) is 26.0. The minimum absolute atomic E-state index is 0.121. The van der Waals surface area contributed by atoms with E-state index >= 15 is 0 Å². The normalized spacial score (nSPS) is 20.6. The summed E-state index contributed by atoms with van der Waals surface area (Å²) in [5.74, 6) is -1.03. The molecule has 0 bridgehead atoms. The van der Waals surface area contributed by atoms with Crippen molar-refractivity contribution in [2.24, 2.45) is 5.92 Å². The van der Waals surface area contributed by atoms with Crippen molar-refractivity contribution in [1.82, 2.24) is 5.32 Å². The van der Waals surface area contributed by atoms with Crippen molar-refractivity contribution in [3.8, 4) is 0 Å². The second kappa shape index (κ2) is 12.1. The Bertz CT molecular complexity index is 810. The molecule has 170 valence electrons. The van der Waals surface area contributed by atoms with Crippen molar-refractivity contribution in [2.75, 3.05) is 13.2 Å². The quantitative estimate of drug-likeness (QED) is 0.536. The largest absolute Gasteiger partial charge is 0.531 e. The Labute approximate surface area is 198 Å². The first-order valence-electron chi connectivity index (χ1n) is 10.3. The van der Waals surface area contributed by atoms with Crippen LogP contribution in [-0.4, -0.2) is 48.4 Å². The van der Waals surface area contributed by atoms with Crippen LogP contribution in [-0.2, 0) is 18.9 Å². The van der Waals surface area contributed by atoms with Gasteiger partial charge in [0.15, 0.2) is 5.78 Å². The average Bonchev–Trinajstić information content (AvgIpc) is 2.69. The first-order chi connectivity index (χ1) is 14.6. The van der Waals surface area contributed by atoms with Crippen LogP contribution >= 0.6 is 35.0 Å². The lowest BCUT2D eigenvalue weighted by atomic mass is 9.65. The molecule has 1 N–H and O–H groups in total. The molecule has 0 aliphatic carbocycles. The minimum Gasteiger partial charge on any atom is -0.508 e. The van der Waals surface area contributed by atoms with E-state index in [-0.39, 0.29) is 57.5 Å². The number of Topliss-reactive ketones (excluding diaryl/α,β-unsaturated/α-hetero) is 1. The molecule has 1 aromatic carbocycles. The topological polar surface area (TPSA) is 81.7 Å². The molecule has 1 aliphatic heterocycles. The van der Waals surface area contributed by atoms with Gasteiger partial charge in [0.05, 0.1) is 22.4 Å². The number of hydrogen-bond acceptors (Lipinski definition) is 6. The Kier molecular flexibility index (Phi) is 10.2. The molecule has 1 aliphatic rings. The Morgan fingerprint density at radius 3 is 2.68 bits per heavy atom. The SMILES string of the molecule is CC(C)C[C@H](CC(=O)CNC(=O)c1cc(Cl)ccc1Cl)B1OC[C@@H](C)S[C@@H](C)C(=O)O1. The molecule has 0 saturated carbocycles. The van der Waals surface area contributed by atoms with E-state index < -0.39 is 13.0 Å². The molecule has 0 radical (unpaired) electrons. The molecular weight excluding hydrogens is 460 g/mol. The third-order valence-corrected chi connectivity index (χ3v) is 6.53. The maximum Gasteiger partial charge on any atom is 0.531 e. The van der Waals surface area contributed by atoms with Crippen molar-refractivity contribution in [2.45, 2.75) is 56.9 Å². The minimum atomic E-state index is -0.789. The van der Waals surface area contributed by atoms with Gasteiger partial charge in [-0.3, -0.25) is 14.4 Å². The van der Waals surface area contributed by atoms with E-state index in [1.54, 1.807) is 6.07 Å². The summed E-state index contributed by atoms with van der Waals surface area (Å²) in [6, 6.07) is 4.56. The number of carbonyl (C=O) groups is 3. The van der Waals surface area contributed by atoms with Crippen molar-refractivity contribution in [3.05, 3.63) is 33.8 Å². The zero-order valence-corrected chi connectivity index (χ0v) is 20.5. The fourth-order valence-electron chi connectivity index (χ4n) is 3.36. The highest BCUT2D eigenvalue weighted by Crippen LogP contribution is 2.30. The summed E-state index contributed by atoms with van der Waals surface area (Å²) in [5.41, 5.74) is 0.207. The summed E-state index contributed by atoms with van der Waals surface area (Å²) in [5, 5.41) is 3.07. The van der Waals surface area contributed by atoms with Crippen LogP contribution in [0.1, 0.15) is 50.9 Å². The summed E-state index contributed by atoms with van der Waals surface area (Å²) in [7, 11) is -0.789. The smallest absolute Gasteiger partial charge is 0.508 e. The Morgan fingerprint density at radius 2 is 2.00 bits per heavy atom. The van der Waals surface area contributed by atoms with Gasteiger partial charge in [0.25, 0.3) is 5.91 Å². The van der Waals surface area contributed by atoms with Crippen molar-refractivity contribution in [1.29, 1.82) is 0 Å². The highest BCUT2D eigenvalue weighted by molar-refractivity contribution is 8.01. The highest BCUT2D eigenvalue weighted by atomic mass is 35.5. The molecule has 31 heavy (non-hydrogen) atoms. The number of benzene rings is 1. The van der Waals surface area contributed by atoms with Crippen LogP contribution in [0, 0.1) is 5.92 Å². The Morgan fingerprint density at radius 1 is 1.29 bits per heavy atom. The van der Waals surface area contributed by atoms with E-state index in [9.17, 15) is 14.4 Å². The fraction of sp³-hybridized carbons (Fsp3) is 0.571. The monoisotopic (exact) mass is 487 g/mol. The van der Waals surface area contributed by atoms with Gasteiger partial charge in [0, 0.05) is 29.1 Å². The van der Waals surface area contributed by atoms with Crippen LogP contribution in [0.15, 0.2) is 18.2 Å². The third-order valence-electron chi connectivity index (χ3n) is 4.76. The number of carbonyl (C=O) groups excluding carboxylic acids is 3. The van der Waals surface area contributed by atoms with Crippen LogP contribution < -0.4 is 5.32 Å². The van der Waals surface area contributed by atoms with E-state index in [1.807, 2.05) is 27.7 Å². The van der Waals surface area contributed by atoms with E-state index in [1.165, 1.54) is 23.9 Å². The summed E-state index contributed by atoms with van der Waals surface area (Å²) in [6.07, 6.45) is 0.767. The van der Waals surface area contributed by atoms with Gasteiger partial charge in [-0.15, -0.1) is 11.8 Å². The van der Waals surface area contributed by atoms with Crippen LogP contribution in [0.4, 0.5) is 0 Å². The van der Waals surface area contributed by atoms with Gasteiger partial charge in [-0.1, -0.05) is 44.0 Å². The highest BCUT2D eigenvalue weighted by Gasteiger charge is 2.39. The maximum atomic E-state index is 12.7. The van der Waals surface area contributed by atoms with Crippen LogP contribution in [0.5, 0.6) is 0 Å². The van der Waals surface area contributed by atoms with Gasteiger partial charge in [0.1, 0.15) is 0 Å². The molecule has 0 spiro atoms. The van der Waals surface area contributed by atoms with Crippen molar-refractivity contribution < 1.29 is 23.7 Å². The number of thioether (sulfide) groups is 1. The molecule has 1 aromatic rings. The molecule has 1 saturated heterocycles. The first-order valence-corrected chi connectivity index (χ1v) is 12.0. The standard InChI is InChI=1S/C21H28BCl2NO5S/c1-12(2)7-15(22-29-11-13(3)31-14(4)21(28)30-22)8-17(26)10-25-20(27)18-9-16(23)5-6-19(18)24/h5-6,9,12-15H,7-8,10-11H2,1-4H3,(H,25,27)/t13-,14+,15-/m1/s1. The van der Waals surface area contributed by atoms with Crippen LogP contribution in [0.25, 0.3) is 0 Å². The zero-order chi connectivity index (χ0) is 23.1. The van der Waals surface area contributed by atoms with Crippen molar-refractivity contribution >= 4 is 59.7 Å². The van der Waals surface area contributed by atoms with E-state index in [4.69, 9.17) is 32.5 Å². The summed E-state index contributed by atoms with van der Waals surface area (Å²) in [4.78, 5) is 37.4. The van der Waals surface area contributed by atoms with Gasteiger partial charge >= 0.3 is 13.1 Å². The number of halogens is 2. The molecular formula is C21H28BCl2NO5S. The summed E-state index contributed by atoms with van der Waals surface area (Å²) >= 11 is 13.5. The Balaban J connectivity index is 2.02. The van der Waals surface area contributed by atoms with Crippen LogP contribution in [0.3, 0.4) is 0 Å². The average molecular weight is 488 g/mol. The second-order valence-electron chi connectivity index (χ2n) is 8.17.